The fraction of sp³-hybridized carbons (Fsp3) is 0.300. The molecule has 0 bridgehead atoms. The van der Waals surface area contributed by atoms with E-state index in [9.17, 15) is 22.8 Å². The number of carbonyl (C=O) groups excluding carboxylic acids is 2. The minimum Gasteiger partial charge on any atom is -0.483 e. The summed E-state index contributed by atoms with van der Waals surface area (Å²) in [6, 6.07) is 10.2. The highest BCUT2D eigenvalue weighted by Crippen LogP contribution is 2.34. The van der Waals surface area contributed by atoms with Crippen molar-refractivity contribution in [3.63, 3.8) is 0 Å². The molecule has 0 saturated carbocycles. The highest BCUT2D eigenvalue weighted by Gasteiger charge is 2.33. The fourth-order valence-corrected chi connectivity index (χ4v) is 2.45. The summed E-state index contributed by atoms with van der Waals surface area (Å²) >= 11 is 0. The van der Waals surface area contributed by atoms with E-state index in [-0.39, 0.29) is 12.3 Å². The van der Waals surface area contributed by atoms with Crippen LogP contribution >= 0.6 is 0 Å². The van der Waals surface area contributed by atoms with Gasteiger partial charge in [0.1, 0.15) is 5.75 Å². The summed E-state index contributed by atoms with van der Waals surface area (Å²) in [7, 11) is 1.38. The largest absolute Gasteiger partial charge is 0.483 e. The van der Waals surface area contributed by atoms with E-state index in [2.05, 4.69) is 5.32 Å². The maximum Gasteiger partial charge on any atom is 0.418 e. The molecule has 8 heteroatoms. The molecule has 2 rings (SSSR count). The Labute approximate surface area is 161 Å². The maximum atomic E-state index is 13.0. The summed E-state index contributed by atoms with van der Waals surface area (Å²) in [6.07, 6.45) is -4.59. The topological polar surface area (TPSA) is 58.6 Å². The van der Waals surface area contributed by atoms with Crippen LogP contribution < -0.4 is 10.1 Å². The molecule has 2 aromatic carbocycles. The lowest BCUT2D eigenvalue weighted by molar-refractivity contribution is -0.137. The normalized spacial score (nSPS) is 11.1. The molecule has 1 N–H and O–H groups in total. The van der Waals surface area contributed by atoms with Gasteiger partial charge in [-0.25, -0.2) is 0 Å². The van der Waals surface area contributed by atoms with Crippen LogP contribution in [-0.2, 0) is 15.8 Å². The van der Waals surface area contributed by atoms with Gasteiger partial charge >= 0.3 is 6.18 Å². The van der Waals surface area contributed by atoms with E-state index in [1.54, 1.807) is 6.07 Å². The molecule has 2 aromatic rings. The van der Waals surface area contributed by atoms with Gasteiger partial charge in [-0.2, -0.15) is 13.2 Å². The molecule has 0 atom stereocenters. The van der Waals surface area contributed by atoms with E-state index in [4.69, 9.17) is 4.74 Å². The van der Waals surface area contributed by atoms with E-state index in [0.717, 1.165) is 28.2 Å². The summed E-state index contributed by atoms with van der Waals surface area (Å²) in [5, 5.41) is 2.20. The molecule has 0 radical (unpaired) electrons. The van der Waals surface area contributed by atoms with E-state index in [1.807, 2.05) is 26.0 Å². The van der Waals surface area contributed by atoms with Crippen molar-refractivity contribution in [2.75, 3.05) is 25.5 Å². The van der Waals surface area contributed by atoms with Crippen LogP contribution in [0.15, 0.2) is 42.5 Å². The standard InChI is InChI=1S/C20H21F3N2O3/c1-13-8-9-14(2)17(10-13)28-12-19(27)25(3)11-18(26)24-16-7-5-4-6-15(16)20(21,22)23/h4-10H,11-12H2,1-3H3,(H,24,26). The van der Waals surface area contributed by atoms with Gasteiger partial charge in [-0.15, -0.1) is 0 Å². The number of halogens is 3. The molecule has 0 aliphatic heterocycles. The predicted octanol–water partition coefficient (Wildman–Crippen LogP) is 3.80. The number of rotatable bonds is 6. The molecule has 0 fully saturated rings. The molecule has 0 spiro atoms. The summed E-state index contributed by atoms with van der Waals surface area (Å²) < 4.78 is 44.4. The molecule has 5 nitrogen and oxygen atoms in total. The van der Waals surface area contributed by atoms with Crippen LogP contribution in [-0.4, -0.2) is 36.9 Å². The molecular formula is C20H21F3N2O3. The summed E-state index contributed by atoms with van der Waals surface area (Å²) in [6.45, 7) is 3.05. The van der Waals surface area contributed by atoms with Crippen LogP contribution in [0.2, 0.25) is 0 Å². The number of likely N-dealkylation sites (N-methyl/N-ethyl adjacent to an activating group) is 1. The van der Waals surface area contributed by atoms with Crippen LogP contribution in [0.3, 0.4) is 0 Å². The number of amides is 2. The third kappa shape index (κ3) is 5.73. The molecule has 2 amide bonds. The maximum absolute atomic E-state index is 13.0. The third-order valence-electron chi connectivity index (χ3n) is 4.01. The van der Waals surface area contributed by atoms with Gasteiger partial charge in [-0.05, 0) is 43.2 Å². The second-order valence-corrected chi connectivity index (χ2v) is 6.40. The fourth-order valence-electron chi connectivity index (χ4n) is 2.45. The average Bonchev–Trinajstić information content (AvgIpc) is 2.61. The number of ether oxygens (including phenoxy) is 1. The van der Waals surface area contributed by atoms with Crippen molar-refractivity contribution in [2.45, 2.75) is 20.0 Å². The number of aryl methyl sites for hydroxylation is 2. The number of nitrogens with one attached hydrogen (secondary N) is 1. The minimum atomic E-state index is -4.59. The van der Waals surface area contributed by atoms with Crippen LogP contribution in [0.4, 0.5) is 18.9 Å². The Hall–Kier alpha value is -3.03. The zero-order chi connectivity index (χ0) is 20.9. The quantitative estimate of drug-likeness (QED) is 0.811. The summed E-state index contributed by atoms with van der Waals surface area (Å²) in [5.41, 5.74) is 0.537. The minimum absolute atomic E-state index is 0.285. The average molecular weight is 394 g/mol. The lowest BCUT2D eigenvalue weighted by Gasteiger charge is -2.19. The van der Waals surface area contributed by atoms with Crippen LogP contribution in [0.25, 0.3) is 0 Å². The lowest BCUT2D eigenvalue weighted by Crippen LogP contribution is -2.37. The van der Waals surface area contributed by atoms with Gasteiger partial charge in [-0.3, -0.25) is 9.59 Å². The lowest BCUT2D eigenvalue weighted by atomic mass is 10.1. The van der Waals surface area contributed by atoms with Crippen molar-refractivity contribution in [3.8, 4) is 5.75 Å². The number of alkyl halides is 3. The zero-order valence-electron chi connectivity index (χ0n) is 15.8. The molecule has 0 aliphatic carbocycles. The molecule has 0 aliphatic rings. The predicted molar refractivity (Wildman–Crippen MR) is 99.1 cm³/mol. The molecule has 0 aromatic heterocycles. The van der Waals surface area contributed by atoms with Gasteiger partial charge in [0, 0.05) is 7.05 Å². The first-order valence-electron chi connectivity index (χ1n) is 8.48. The number of carbonyl (C=O) groups is 2. The van der Waals surface area contributed by atoms with Crippen LogP contribution in [0, 0.1) is 13.8 Å². The molecule has 0 unspecified atom stereocenters. The van der Waals surface area contributed by atoms with Gasteiger partial charge in [0.15, 0.2) is 6.61 Å². The van der Waals surface area contributed by atoms with E-state index in [1.165, 1.54) is 19.2 Å². The Morgan fingerprint density at radius 2 is 1.79 bits per heavy atom. The zero-order valence-corrected chi connectivity index (χ0v) is 15.8. The van der Waals surface area contributed by atoms with E-state index in [0.29, 0.717) is 5.75 Å². The van der Waals surface area contributed by atoms with Crippen molar-refractivity contribution in [1.29, 1.82) is 0 Å². The Kier molecular flexibility index (Phi) is 6.66. The van der Waals surface area contributed by atoms with Crippen LogP contribution in [0.5, 0.6) is 5.75 Å². The van der Waals surface area contributed by atoms with E-state index >= 15 is 0 Å². The SMILES string of the molecule is Cc1ccc(C)c(OCC(=O)N(C)CC(=O)Nc2ccccc2C(F)(F)F)c1. The molecule has 0 saturated heterocycles. The van der Waals surface area contributed by atoms with Gasteiger partial charge in [0.2, 0.25) is 5.91 Å². The third-order valence-corrected chi connectivity index (χ3v) is 4.01. The Balaban J connectivity index is 1.93. The van der Waals surface area contributed by atoms with Crippen molar-refractivity contribution in [1.82, 2.24) is 4.90 Å². The number of hydrogen-bond acceptors (Lipinski definition) is 3. The molecular weight excluding hydrogens is 373 g/mol. The van der Waals surface area contributed by atoms with Crippen molar-refractivity contribution >= 4 is 17.5 Å². The van der Waals surface area contributed by atoms with Crippen LogP contribution in [0.1, 0.15) is 16.7 Å². The summed E-state index contributed by atoms with van der Waals surface area (Å²) in [5.74, 6) is -0.648. The number of para-hydroxylation sites is 1. The Bertz CT molecular complexity index is 866. The first kappa shape index (κ1) is 21.3. The highest BCUT2D eigenvalue weighted by molar-refractivity contribution is 5.95. The number of nitrogens with zero attached hydrogens (tertiary/aromatic N) is 1. The number of hydrogen-bond donors (Lipinski definition) is 1. The highest BCUT2D eigenvalue weighted by atomic mass is 19.4. The second-order valence-electron chi connectivity index (χ2n) is 6.40. The van der Waals surface area contributed by atoms with Crippen molar-refractivity contribution in [2.24, 2.45) is 0 Å². The van der Waals surface area contributed by atoms with Gasteiger partial charge in [0.05, 0.1) is 17.8 Å². The smallest absolute Gasteiger partial charge is 0.418 e. The molecule has 0 heterocycles. The molecule has 28 heavy (non-hydrogen) atoms. The number of anilines is 1. The van der Waals surface area contributed by atoms with Gasteiger partial charge in [0.25, 0.3) is 5.91 Å². The Morgan fingerprint density at radius 3 is 2.46 bits per heavy atom. The monoisotopic (exact) mass is 394 g/mol. The second kappa shape index (κ2) is 8.77. The van der Waals surface area contributed by atoms with Gasteiger partial charge < -0.3 is 15.0 Å². The first-order valence-corrected chi connectivity index (χ1v) is 8.48. The Morgan fingerprint density at radius 1 is 1.11 bits per heavy atom. The number of benzene rings is 2. The van der Waals surface area contributed by atoms with Crippen molar-refractivity contribution in [3.05, 3.63) is 59.2 Å². The summed E-state index contributed by atoms with van der Waals surface area (Å²) in [4.78, 5) is 25.3. The van der Waals surface area contributed by atoms with E-state index < -0.39 is 30.1 Å². The first-order chi connectivity index (χ1) is 13.1. The van der Waals surface area contributed by atoms with Gasteiger partial charge in [-0.1, -0.05) is 24.3 Å². The van der Waals surface area contributed by atoms with Crippen molar-refractivity contribution < 1.29 is 27.5 Å². The molecule has 150 valence electrons.